The van der Waals surface area contributed by atoms with Crippen LogP contribution in [0, 0.1) is 25.2 Å². The van der Waals surface area contributed by atoms with Crippen molar-refractivity contribution in [3.8, 4) is 17.3 Å². The van der Waals surface area contributed by atoms with Crippen molar-refractivity contribution < 1.29 is 0 Å². The molecule has 0 amide bonds. The van der Waals surface area contributed by atoms with Crippen LogP contribution in [-0.4, -0.2) is 4.98 Å². The molecule has 3 rings (SSSR count). The standard InChI is InChI=1S/C20H15Cl2N3S/c1-12-3-4-14(7-13(12)2)19-11-26-20(25-19)15(9-23)10-24-16-5-6-17(21)18(22)8-16/h3-8,10-11,24H,1-2H3/b15-10+. The van der Waals surface area contributed by atoms with Crippen LogP contribution in [0.2, 0.25) is 10.0 Å². The Kier molecular flexibility index (Phi) is 5.63. The zero-order chi connectivity index (χ0) is 18.7. The predicted octanol–water partition coefficient (Wildman–Crippen LogP) is 6.71. The number of rotatable bonds is 4. The normalized spacial score (nSPS) is 11.3. The lowest BCUT2D eigenvalue weighted by Crippen LogP contribution is -1.91. The molecule has 1 aromatic heterocycles. The van der Waals surface area contributed by atoms with Crippen LogP contribution in [0.5, 0.6) is 0 Å². The fourth-order valence-corrected chi connectivity index (χ4v) is 3.41. The Morgan fingerprint density at radius 3 is 2.62 bits per heavy atom. The highest BCUT2D eigenvalue weighted by atomic mass is 35.5. The SMILES string of the molecule is Cc1ccc(-c2csc(/C(C#N)=C/Nc3ccc(Cl)c(Cl)c3)n2)cc1C. The summed E-state index contributed by atoms with van der Waals surface area (Å²) in [5.41, 5.74) is 5.57. The molecule has 3 aromatic rings. The molecule has 0 radical (unpaired) electrons. The molecule has 0 bridgehead atoms. The number of nitrogens with zero attached hydrogens (tertiary/aromatic N) is 2. The molecule has 0 aliphatic heterocycles. The number of aryl methyl sites for hydroxylation is 2. The Morgan fingerprint density at radius 2 is 1.92 bits per heavy atom. The molecular formula is C20H15Cl2N3S. The number of hydrogen-bond donors (Lipinski definition) is 1. The van der Waals surface area contributed by atoms with Crippen molar-refractivity contribution >= 4 is 45.8 Å². The average molecular weight is 400 g/mol. The van der Waals surface area contributed by atoms with E-state index in [2.05, 4.69) is 42.4 Å². The number of aromatic nitrogens is 1. The van der Waals surface area contributed by atoms with E-state index >= 15 is 0 Å². The van der Waals surface area contributed by atoms with Gasteiger partial charge in [0, 0.05) is 22.8 Å². The minimum Gasteiger partial charge on any atom is -0.360 e. The van der Waals surface area contributed by atoms with E-state index in [1.54, 1.807) is 24.4 Å². The summed E-state index contributed by atoms with van der Waals surface area (Å²) < 4.78 is 0. The van der Waals surface area contributed by atoms with Gasteiger partial charge in [0.2, 0.25) is 0 Å². The summed E-state index contributed by atoms with van der Waals surface area (Å²) in [6.45, 7) is 4.16. The number of allylic oxidation sites excluding steroid dienone is 1. The number of nitrogens with one attached hydrogen (secondary N) is 1. The summed E-state index contributed by atoms with van der Waals surface area (Å²) in [5.74, 6) is 0. The van der Waals surface area contributed by atoms with Gasteiger partial charge in [-0.3, -0.25) is 0 Å². The highest BCUT2D eigenvalue weighted by molar-refractivity contribution is 7.11. The van der Waals surface area contributed by atoms with Crippen molar-refractivity contribution in [1.82, 2.24) is 4.98 Å². The smallest absolute Gasteiger partial charge is 0.136 e. The second-order valence-electron chi connectivity index (χ2n) is 5.78. The Hall–Kier alpha value is -2.32. The van der Waals surface area contributed by atoms with Gasteiger partial charge in [-0.2, -0.15) is 5.26 Å². The molecule has 0 spiro atoms. The van der Waals surface area contributed by atoms with Crippen LogP contribution in [0.15, 0.2) is 48.0 Å². The summed E-state index contributed by atoms with van der Waals surface area (Å²) in [4.78, 5) is 4.61. The summed E-state index contributed by atoms with van der Waals surface area (Å²) in [5, 5.41) is 16.1. The van der Waals surface area contributed by atoms with Crippen molar-refractivity contribution in [2.45, 2.75) is 13.8 Å². The summed E-state index contributed by atoms with van der Waals surface area (Å²) in [6, 6.07) is 13.6. The fourth-order valence-electron chi connectivity index (χ4n) is 2.31. The highest BCUT2D eigenvalue weighted by Gasteiger charge is 2.10. The van der Waals surface area contributed by atoms with E-state index < -0.39 is 0 Å². The minimum absolute atomic E-state index is 0.454. The van der Waals surface area contributed by atoms with Crippen molar-refractivity contribution in [2.24, 2.45) is 0 Å². The van der Waals surface area contributed by atoms with Gasteiger partial charge in [-0.05, 0) is 49.2 Å². The van der Waals surface area contributed by atoms with Gasteiger partial charge in [-0.25, -0.2) is 4.98 Å². The molecule has 1 N–H and O–H groups in total. The van der Waals surface area contributed by atoms with Gasteiger partial charge in [0.1, 0.15) is 16.6 Å². The molecule has 1 heterocycles. The first kappa shape index (κ1) is 18.5. The molecule has 3 nitrogen and oxygen atoms in total. The molecule has 0 aliphatic rings. The first-order chi connectivity index (χ1) is 12.5. The average Bonchev–Trinajstić information content (AvgIpc) is 3.11. The Bertz CT molecular complexity index is 1030. The van der Waals surface area contributed by atoms with E-state index in [1.807, 2.05) is 11.4 Å². The van der Waals surface area contributed by atoms with Crippen LogP contribution in [0.25, 0.3) is 16.8 Å². The monoisotopic (exact) mass is 399 g/mol. The number of anilines is 1. The van der Waals surface area contributed by atoms with Crippen LogP contribution in [0.4, 0.5) is 5.69 Å². The number of halogens is 2. The maximum Gasteiger partial charge on any atom is 0.136 e. The molecule has 0 fully saturated rings. The van der Waals surface area contributed by atoms with Crippen LogP contribution >= 0.6 is 34.5 Å². The molecule has 26 heavy (non-hydrogen) atoms. The summed E-state index contributed by atoms with van der Waals surface area (Å²) in [6.07, 6.45) is 1.63. The topological polar surface area (TPSA) is 48.7 Å². The Labute approximate surface area is 166 Å². The maximum atomic E-state index is 9.48. The van der Waals surface area contributed by atoms with E-state index in [9.17, 15) is 5.26 Å². The van der Waals surface area contributed by atoms with Crippen molar-refractivity contribution in [1.29, 1.82) is 5.26 Å². The summed E-state index contributed by atoms with van der Waals surface area (Å²) >= 11 is 13.4. The van der Waals surface area contributed by atoms with E-state index in [0.717, 1.165) is 16.9 Å². The third-order valence-electron chi connectivity index (χ3n) is 3.96. The first-order valence-corrected chi connectivity index (χ1v) is 9.47. The number of hydrogen-bond acceptors (Lipinski definition) is 4. The molecule has 0 saturated heterocycles. The van der Waals surface area contributed by atoms with Gasteiger partial charge >= 0.3 is 0 Å². The molecule has 0 atom stereocenters. The number of benzene rings is 2. The third kappa shape index (κ3) is 4.08. The molecule has 6 heteroatoms. The minimum atomic E-state index is 0.454. The van der Waals surface area contributed by atoms with Gasteiger partial charge in [0.25, 0.3) is 0 Å². The van der Waals surface area contributed by atoms with Crippen LogP contribution in [0.1, 0.15) is 16.1 Å². The summed E-state index contributed by atoms with van der Waals surface area (Å²) in [7, 11) is 0. The van der Waals surface area contributed by atoms with Crippen molar-refractivity contribution in [3.63, 3.8) is 0 Å². The molecule has 130 valence electrons. The van der Waals surface area contributed by atoms with Gasteiger partial charge in [0.15, 0.2) is 0 Å². The lowest BCUT2D eigenvalue weighted by molar-refractivity contribution is 1.31. The molecule has 2 aromatic carbocycles. The first-order valence-electron chi connectivity index (χ1n) is 7.83. The van der Waals surface area contributed by atoms with Crippen molar-refractivity contribution in [3.05, 3.63) is 74.2 Å². The van der Waals surface area contributed by atoms with Gasteiger partial charge in [0.05, 0.1) is 15.7 Å². The van der Waals surface area contributed by atoms with Gasteiger partial charge in [-0.1, -0.05) is 35.3 Å². The maximum absolute atomic E-state index is 9.48. The molecular weight excluding hydrogens is 385 g/mol. The number of nitriles is 1. The second kappa shape index (κ2) is 7.92. The van der Waals surface area contributed by atoms with Crippen LogP contribution in [0.3, 0.4) is 0 Å². The molecule has 0 saturated carbocycles. The quantitative estimate of drug-likeness (QED) is 0.495. The highest BCUT2D eigenvalue weighted by Crippen LogP contribution is 2.28. The van der Waals surface area contributed by atoms with Crippen LogP contribution in [-0.2, 0) is 0 Å². The van der Waals surface area contributed by atoms with Crippen LogP contribution < -0.4 is 5.32 Å². The van der Waals surface area contributed by atoms with E-state index in [4.69, 9.17) is 23.2 Å². The zero-order valence-electron chi connectivity index (χ0n) is 14.2. The van der Waals surface area contributed by atoms with Gasteiger partial charge < -0.3 is 5.32 Å². The van der Waals surface area contributed by atoms with E-state index in [0.29, 0.717) is 20.6 Å². The molecule has 0 aliphatic carbocycles. The zero-order valence-corrected chi connectivity index (χ0v) is 16.5. The second-order valence-corrected chi connectivity index (χ2v) is 7.45. The fraction of sp³-hybridized carbons (Fsp3) is 0.100. The molecule has 0 unspecified atom stereocenters. The lowest BCUT2D eigenvalue weighted by atomic mass is 10.1. The lowest BCUT2D eigenvalue weighted by Gasteiger charge is -2.03. The van der Waals surface area contributed by atoms with E-state index in [-0.39, 0.29) is 0 Å². The third-order valence-corrected chi connectivity index (χ3v) is 5.58. The Morgan fingerprint density at radius 1 is 1.12 bits per heavy atom. The number of thiazole rings is 1. The van der Waals surface area contributed by atoms with Crippen molar-refractivity contribution in [2.75, 3.05) is 5.32 Å². The van der Waals surface area contributed by atoms with Gasteiger partial charge in [-0.15, -0.1) is 11.3 Å². The largest absolute Gasteiger partial charge is 0.360 e. The van der Waals surface area contributed by atoms with E-state index in [1.165, 1.54) is 22.5 Å². The predicted molar refractivity (Wildman–Crippen MR) is 111 cm³/mol. The Balaban J connectivity index is 1.84.